The molecule has 0 amide bonds. The van der Waals surface area contributed by atoms with Crippen molar-refractivity contribution in [2.24, 2.45) is 0 Å². The van der Waals surface area contributed by atoms with Gasteiger partial charge in [0.15, 0.2) is 0 Å². The van der Waals surface area contributed by atoms with Crippen molar-refractivity contribution in [1.29, 1.82) is 0 Å². The average molecular weight is 279 g/mol. The molecule has 112 valence electrons. The van der Waals surface area contributed by atoms with Gasteiger partial charge in [0.1, 0.15) is 0 Å². The lowest BCUT2D eigenvalue weighted by atomic mass is 10.1. The van der Waals surface area contributed by atoms with Gasteiger partial charge in [0.2, 0.25) is 0 Å². The Morgan fingerprint density at radius 3 is 2.47 bits per heavy atom. The van der Waals surface area contributed by atoms with Gasteiger partial charge in [-0.3, -0.25) is 4.90 Å². The lowest BCUT2D eigenvalue weighted by Crippen LogP contribution is -2.41. The standard InChI is InChI=1S/C13H24F3N3/c14-13(15,16)11-17-5-9-18-8-4-12(10-18)19-6-2-1-3-7-19/h12,17H,1-11H2. The minimum absolute atomic E-state index is 0.423. The highest BCUT2D eigenvalue weighted by molar-refractivity contribution is 4.84. The molecule has 2 fully saturated rings. The number of alkyl halides is 3. The molecule has 2 rings (SSSR count). The molecule has 0 radical (unpaired) electrons. The number of piperidine rings is 1. The zero-order chi connectivity index (χ0) is 13.7. The molecular weight excluding hydrogens is 255 g/mol. The van der Waals surface area contributed by atoms with E-state index in [0.29, 0.717) is 12.6 Å². The van der Waals surface area contributed by atoms with Crippen LogP contribution in [0.1, 0.15) is 25.7 Å². The van der Waals surface area contributed by atoms with Gasteiger partial charge >= 0.3 is 6.18 Å². The summed E-state index contributed by atoms with van der Waals surface area (Å²) in [6.45, 7) is 4.71. The SMILES string of the molecule is FC(F)(F)CNCCN1CCC(N2CCCCC2)C1. The van der Waals surface area contributed by atoms with Gasteiger partial charge in [-0.2, -0.15) is 13.2 Å². The zero-order valence-corrected chi connectivity index (χ0v) is 11.4. The molecule has 2 heterocycles. The van der Waals surface area contributed by atoms with Crippen molar-refractivity contribution < 1.29 is 13.2 Å². The summed E-state index contributed by atoms with van der Waals surface area (Å²) < 4.78 is 35.9. The van der Waals surface area contributed by atoms with E-state index in [9.17, 15) is 13.2 Å². The van der Waals surface area contributed by atoms with E-state index in [1.807, 2.05) is 0 Å². The Balaban J connectivity index is 1.59. The Morgan fingerprint density at radius 2 is 1.79 bits per heavy atom. The van der Waals surface area contributed by atoms with Crippen molar-refractivity contribution in [3.8, 4) is 0 Å². The van der Waals surface area contributed by atoms with E-state index < -0.39 is 12.7 Å². The van der Waals surface area contributed by atoms with Crippen molar-refractivity contribution >= 4 is 0 Å². The lowest BCUT2D eigenvalue weighted by Gasteiger charge is -2.32. The smallest absolute Gasteiger partial charge is 0.307 e. The summed E-state index contributed by atoms with van der Waals surface area (Å²) in [6.07, 6.45) is 1.00. The molecule has 0 saturated carbocycles. The van der Waals surface area contributed by atoms with E-state index in [-0.39, 0.29) is 0 Å². The van der Waals surface area contributed by atoms with Crippen LogP contribution in [0.25, 0.3) is 0 Å². The largest absolute Gasteiger partial charge is 0.401 e. The molecule has 0 aromatic heterocycles. The fraction of sp³-hybridized carbons (Fsp3) is 1.00. The van der Waals surface area contributed by atoms with Crippen molar-refractivity contribution in [3.05, 3.63) is 0 Å². The van der Waals surface area contributed by atoms with Crippen LogP contribution in [0.5, 0.6) is 0 Å². The Bertz CT molecular complexity index is 264. The number of hydrogen-bond donors (Lipinski definition) is 1. The van der Waals surface area contributed by atoms with E-state index in [0.717, 1.165) is 19.6 Å². The van der Waals surface area contributed by atoms with Gasteiger partial charge in [-0.1, -0.05) is 6.42 Å². The molecule has 0 bridgehead atoms. The number of halogens is 3. The maximum atomic E-state index is 12.0. The van der Waals surface area contributed by atoms with Crippen molar-refractivity contribution in [1.82, 2.24) is 15.1 Å². The summed E-state index contributed by atoms with van der Waals surface area (Å²) in [6, 6.07) is 0.628. The zero-order valence-electron chi connectivity index (χ0n) is 11.4. The Kier molecular flexibility index (Phi) is 5.47. The van der Waals surface area contributed by atoms with Gasteiger partial charge in [0.25, 0.3) is 0 Å². The van der Waals surface area contributed by atoms with Gasteiger partial charge in [-0.25, -0.2) is 0 Å². The van der Waals surface area contributed by atoms with Crippen LogP contribution in [0.2, 0.25) is 0 Å². The number of nitrogens with one attached hydrogen (secondary N) is 1. The summed E-state index contributed by atoms with van der Waals surface area (Å²) in [5, 5.41) is 2.47. The quantitative estimate of drug-likeness (QED) is 0.773. The van der Waals surface area contributed by atoms with E-state index in [4.69, 9.17) is 0 Å². The molecule has 0 aromatic rings. The van der Waals surface area contributed by atoms with Gasteiger partial charge in [-0.05, 0) is 38.9 Å². The average Bonchev–Trinajstić information content (AvgIpc) is 2.83. The predicted octanol–water partition coefficient (Wildman–Crippen LogP) is 1.70. The molecule has 6 heteroatoms. The fourth-order valence-electron chi connectivity index (χ4n) is 3.06. The van der Waals surface area contributed by atoms with Gasteiger partial charge in [0, 0.05) is 25.7 Å². The van der Waals surface area contributed by atoms with Crippen LogP contribution in [0.4, 0.5) is 13.2 Å². The molecule has 2 saturated heterocycles. The first-order chi connectivity index (χ1) is 9.04. The van der Waals surface area contributed by atoms with Gasteiger partial charge in [0.05, 0.1) is 6.54 Å². The Hall–Kier alpha value is -0.330. The van der Waals surface area contributed by atoms with Crippen LogP contribution in [-0.2, 0) is 0 Å². The third-order valence-corrected chi connectivity index (χ3v) is 4.08. The van der Waals surface area contributed by atoms with Gasteiger partial charge < -0.3 is 10.2 Å². The minimum Gasteiger partial charge on any atom is -0.307 e. The second kappa shape index (κ2) is 6.90. The molecule has 1 unspecified atom stereocenters. The summed E-state index contributed by atoms with van der Waals surface area (Å²) >= 11 is 0. The highest BCUT2D eigenvalue weighted by atomic mass is 19.4. The maximum Gasteiger partial charge on any atom is 0.401 e. The summed E-state index contributed by atoms with van der Waals surface area (Å²) in [5.41, 5.74) is 0. The number of rotatable bonds is 5. The van der Waals surface area contributed by atoms with E-state index in [1.54, 1.807) is 0 Å². The van der Waals surface area contributed by atoms with E-state index in [2.05, 4.69) is 15.1 Å². The summed E-state index contributed by atoms with van der Waals surface area (Å²) in [7, 11) is 0. The first kappa shape index (κ1) is 15.1. The molecule has 1 N–H and O–H groups in total. The highest BCUT2D eigenvalue weighted by Crippen LogP contribution is 2.19. The normalized spacial score (nSPS) is 27.0. The summed E-state index contributed by atoms with van der Waals surface area (Å²) in [5.74, 6) is 0. The molecule has 19 heavy (non-hydrogen) atoms. The third kappa shape index (κ3) is 5.28. The van der Waals surface area contributed by atoms with Crippen molar-refractivity contribution in [2.45, 2.75) is 37.9 Å². The fourth-order valence-corrected chi connectivity index (χ4v) is 3.06. The van der Waals surface area contributed by atoms with Crippen LogP contribution < -0.4 is 5.32 Å². The van der Waals surface area contributed by atoms with E-state index >= 15 is 0 Å². The van der Waals surface area contributed by atoms with Crippen LogP contribution in [0, 0.1) is 0 Å². The van der Waals surface area contributed by atoms with Crippen LogP contribution in [0.15, 0.2) is 0 Å². The lowest BCUT2D eigenvalue weighted by molar-refractivity contribution is -0.124. The topological polar surface area (TPSA) is 18.5 Å². The van der Waals surface area contributed by atoms with Crippen molar-refractivity contribution in [2.75, 3.05) is 45.8 Å². The molecular formula is C13H24F3N3. The second-order valence-electron chi connectivity index (χ2n) is 5.63. The summed E-state index contributed by atoms with van der Waals surface area (Å²) in [4.78, 5) is 4.84. The second-order valence-corrected chi connectivity index (χ2v) is 5.63. The highest BCUT2D eigenvalue weighted by Gasteiger charge is 2.29. The number of likely N-dealkylation sites (tertiary alicyclic amines) is 2. The minimum atomic E-state index is -4.10. The first-order valence-corrected chi connectivity index (χ1v) is 7.28. The molecule has 3 nitrogen and oxygen atoms in total. The molecule has 1 atom stereocenters. The number of nitrogens with zero attached hydrogens (tertiary/aromatic N) is 2. The molecule has 0 spiro atoms. The molecule has 0 aliphatic carbocycles. The monoisotopic (exact) mass is 279 g/mol. The Labute approximate surface area is 113 Å². The van der Waals surface area contributed by atoms with Crippen LogP contribution >= 0.6 is 0 Å². The van der Waals surface area contributed by atoms with Gasteiger partial charge in [-0.15, -0.1) is 0 Å². The predicted molar refractivity (Wildman–Crippen MR) is 69.2 cm³/mol. The maximum absolute atomic E-state index is 12.0. The first-order valence-electron chi connectivity index (χ1n) is 7.28. The van der Waals surface area contributed by atoms with Crippen LogP contribution in [-0.4, -0.2) is 67.8 Å². The Morgan fingerprint density at radius 1 is 1.05 bits per heavy atom. The molecule has 2 aliphatic rings. The molecule has 0 aromatic carbocycles. The van der Waals surface area contributed by atoms with E-state index in [1.165, 1.54) is 38.8 Å². The van der Waals surface area contributed by atoms with Crippen molar-refractivity contribution in [3.63, 3.8) is 0 Å². The number of hydrogen-bond acceptors (Lipinski definition) is 3. The molecule has 2 aliphatic heterocycles. The van der Waals surface area contributed by atoms with Crippen LogP contribution in [0.3, 0.4) is 0 Å². The third-order valence-electron chi connectivity index (χ3n) is 4.08.